The van der Waals surface area contributed by atoms with Crippen LogP contribution in [0, 0.1) is 12.3 Å². The molecule has 4 N–H and O–H groups in total. The summed E-state index contributed by atoms with van der Waals surface area (Å²) in [6.07, 6.45) is -0.159. The van der Waals surface area contributed by atoms with Crippen LogP contribution in [0.4, 0.5) is 20.3 Å². The predicted octanol–water partition coefficient (Wildman–Crippen LogP) is 4.21. The number of hydrogen-bond donors (Lipinski definition) is 3. The second-order valence-corrected chi connectivity index (χ2v) is 7.48. The van der Waals surface area contributed by atoms with Gasteiger partial charge in [0, 0.05) is 37.2 Å². The van der Waals surface area contributed by atoms with Gasteiger partial charge in [0.1, 0.15) is 11.7 Å². The highest BCUT2D eigenvalue weighted by Gasteiger charge is 2.33. The molecule has 0 atom stereocenters. The Morgan fingerprint density at radius 3 is 2.62 bits per heavy atom. The average Bonchev–Trinajstić information content (AvgIpc) is 2.84. The minimum Gasteiger partial charge on any atom is -0.384 e. The second-order valence-electron chi connectivity index (χ2n) is 7.07. The van der Waals surface area contributed by atoms with Crippen LogP contribution in [0.1, 0.15) is 40.9 Å². The molecule has 1 amide bonds. The van der Waals surface area contributed by atoms with Gasteiger partial charge in [0.2, 0.25) is 5.92 Å². The number of alkyl halides is 2. The Kier molecular flexibility index (Phi) is 6.02. The molecule has 3 rings (SSSR count). The highest BCUT2D eigenvalue weighted by atomic mass is 35.5. The molecule has 1 fully saturated rings. The van der Waals surface area contributed by atoms with E-state index in [1.165, 1.54) is 6.07 Å². The Labute approximate surface area is 172 Å². The van der Waals surface area contributed by atoms with Crippen molar-refractivity contribution in [2.75, 3.05) is 23.3 Å². The fourth-order valence-electron chi connectivity index (χ4n) is 3.18. The molecule has 0 bridgehead atoms. The van der Waals surface area contributed by atoms with Crippen molar-refractivity contribution in [2.24, 2.45) is 5.73 Å². The number of benzene rings is 1. The highest BCUT2D eigenvalue weighted by Crippen LogP contribution is 2.32. The Bertz CT molecular complexity index is 933. The summed E-state index contributed by atoms with van der Waals surface area (Å²) >= 11 is 6.19. The molecule has 1 aromatic heterocycles. The third kappa shape index (κ3) is 5.00. The molecule has 0 saturated carbocycles. The van der Waals surface area contributed by atoms with Crippen LogP contribution in [0.2, 0.25) is 5.02 Å². The largest absolute Gasteiger partial charge is 0.384 e. The number of halogens is 3. The molecular formula is C20H22ClF2N5O. The number of nitrogens with one attached hydrogen (secondary N) is 2. The van der Waals surface area contributed by atoms with Crippen molar-refractivity contribution in [2.45, 2.75) is 32.1 Å². The van der Waals surface area contributed by atoms with Crippen molar-refractivity contribution in [3.63, 3.8) is 0 Å². The van der Waals surface area contributed by atoms with Gasteiger partial charge in [-0.15, -0.1) is 0 Å². The van der Waals surface area contributed by atoms with Gasteiger partial charge in [0.05, 0.1) is 16.3 Å². The molecule has 9 heteroatoms. The SMILES string of the molecule is Cc1nc(N2CCCC(F)(F)CC2)c(C(=O)Nc2ccc(C(=N)N)cc2)cc1Cl. The minimum absolute atomic E-state index is 0.0716. The zero-order chi connectivity index (χ0) is 21.2. The van der Waals surface area contributed by atoms with Crippen molar-refractivity contribution in [3.05, 3.63) is 52.2 Å². The Morgan fingerprint density at radius 1 is 1.28 bits per heavy atom. The van der Waals surface area contributed by atoms with E-state index in [0.29, 0.717) is 40.8 Å². The standard InChI is InChI=1S/C20H22ClF2N5O/c1-12-16(21)11-15(18(26-12)28-9-2-7-20(22,23)8-10-28)19(29)27-14-5-3-13(4-6-14)17(24)25/h3-6,11H,2,7-10H2,1H3,(H3,24,25)(H,27,29). The van der Waals surface area contributed by atoms with E-state index in [-0.39, 0.29) is 30.8 Å². The summed E-state index contributed by atoms with van der Waals surface area (Å²) in [6.45, 7) is 2.20. The summed E-state index contributed by atoms with van der Waals surface area (Å²) in [6, 6.07) is 8.02. The zero-order valence-corrected chi connectivity index (χ0v) is 16.7. The molecular weight excluding hydrogens is 400 g/mol. The van der Waals surface area contributed by atoms with E-state index in [0.717, 1.165) is 0 Å². The van der Waals surface area contributed by atoms with Crippen LogP contribution < -0.4 is 16.0 Å². The monoisotopic (exact) mass is 421 g/mol. The van der Waals surface area contributed by atoms with Gasteiger partial charge in [0.15, 0.2) is 0 Å². The lowest BCUT2D eigenvalue weighted by molar-refractivity contribution is -0.0102. The van der Waals surface area contributed by atoms with Gasteiger partial charge in [0.25, 0.3) is 5.91 Å². The van der Waals surface area contributed by atoms with Crippen molar-refractivity contribution < 1.29 is 13.6 Å². The first kappa shape index (κ1) is 21.0. The van der Waals surface area contributed by atoms with E-state index >= 15 is 0 Å². The molecule has 0 unspecified atom stereocenters. The van der Waals surface area contributed by atoms with E-state index in [4.69, 9.17) is 22.7 Å². The zero-order valence-electron chi connectivity index (χ0n) is 15.9. The normalized spacial score (nSPS) is 16.2. The fourth-order valence-corrected chi connectivity index (χ4v) is 3.33. The predicted molar refractivity (Wildman–Crippen MR) is 110 cm³/mol. The van der Waals surface area contributed by atoms with E-state index in [1.807, 2.05) is 0 Å². The molecule has 0 spiro atoms. The number of amides is 1. The molecule has 0 aliphatic carbocycles. The van der Waals surface area contributed by atoms with Crippen LogP contribution in [-0.2, 0) is 0 Å². The first-order chi connectivity index (χ1) is 13.7. The summed E-state index contributed by atoms with van der Waals surface area (Å²) in [5.74, 6) is -2.88. The molecule has 1 saturated heterocycles. The number of aryl methyl sites for hydroxylation is 1. The van der Waals surface area contributed by atoms with Gasteiger partial charge in [-0.2, -0.15) is 0 Å². The number of nitrogen functional groups attached to an aromatic ring is 1. The molecule has 6 nitrogen and oxygen atoms in total. The number of nitrogens with two attached hydrogens (primary N) is 1. The first-order valence-electron chi connectivity index (χ1n) is 9.22. The van der Waals surface area contributed by atoms with Gasteiger partial charge in [-0.1, -0.05) is 11.6 Å². The van der Waals surface area contributed by atoms with Crippen LogP contribution in [0.3, 0.4) is 0 Å². The minimum atomic E-state index is -2.71. The molecule has 1 aliphatic heterocycles. The van der Waals surface area contributed by atoms with Gasteiger partial charge < -0.3 is 16.0 Å². The van der Waals surface area contributed by atoms with Crippen LogP contribution in [-0.4, -0.2) is 35.7 Å². The van der Waals surface area contributed by atoms with E-state index < -0.39 is 11.8 Å². The Morgan fingerprint density at radius 2 is 1.97 bits per heavy atom. The molecule has 2 aromatic rings. The third-order valence-corrected chi connectivity index (χ3v) is 5.23. The van der Waals surface area contributed by atoms with E-state index in [2.05, 4.69) is 10.3 Å². The molecule has 2 heterocycles. The number of amidine groups is 1. The lowest BCUT2D eigenvalue weighted by Gasteiger charge is -2.24. The van der Waals surface area contributed by atoms with Crippen LogP contribution in [0.15, 0.2) is 30.3 Å². The fraction of sp³-hybridized carbons (Fsp3) is 0.350. The van der Waals surface area contributed by atoms with Gasteiger partial charge in [-0.05, 0) is 43.7 Å². The first-order valence-corrected chi connectivity index (χ1v) is 9.60. The van der Waals surface area contributed by atoms with E-state index in [9.17, 15) is 13.6 Å². The highest BCUT2D eigenvalue weighted by molar-refractivity contribution is 6.31. The third-order valence-electron chi connectivity index (χ3n) is 4.85. The molecule has 29 heavy (non-hydrogen) atoms. The van der Waals surface area contributed by atoms with E-state index in [1.54, 1.807) is 36.1 Å². The van der Waals surface area contributed by atoms with Gasteiger partial charge in [-0.3, -0.25) is 10.2 Å². The average molecular weight is 422 g/mol. The van der Waals surface area contributed by atoms with Crippen molar-refractivity contribution >= 4 is 34.8 Å². The van der Waals surface area contributed by atoms with Gasteiger partial charge in [-0.25, -0.2) is 13.8 Å². The maximum Gasteiger partial charge on any atom is 0.259 e. The summed E-state index contributed by atoms with van der Waals surface area (Å²) < 4.78 is 27.5. The maximum absolute atomic E-state index is 13.8. The smallest absolute Gasteiger partial charge is 0.259 e. The number of carbonyl (C=O) groups is 1. The van der Waals surface area contributed by atoms with Crippen LogP contribution >= 0.6 is 11.6 Å². The summed E-state index contributed by atoms with van der Waals surface area (Å²) in [7, 11) is 0. The molecule has 1 aliphatic rings. The summed E-state index contributed by atoms with van der Waals surface area (Å²) in [5.41, 5.74) is 7.23. The topological polar surface area (TPSA) is 95.1 Å². The lowest BCUT2D eigenvalue weighted by atomic mass is 10.1. The quantitative estimate of drug-likeness (QED) is 0.509. The number of rotatable bonds is 4. The number of nitrogens with zero attached hydrogens (tertiary/aromatic N) is 2. The van der Waals surface area contributed by atoms with Gasteiger partial charge >= 0.3 is 0 Å². The van der Waals surface area contributed by atoms with Crippen molar-refractivity contribution in [3.8, 4) is 0 Å². The lowest BCUT2D eigenvalue weighted by Crippen LogP contribution is -2.29. The molecule has 1 aromatic carbocycles. The number of carbonyl (C=O) groups excluding carboxylic acids is 1. The van der Waals surface area contributed by atoms with Crippen molar-refractivity contribution in [1.29, 1.82) is 5.41 Å². The Hall–Kier alpha value is -2.74. The number of hydrogen-bond acceptors (Lipinski definition) is 4. The van der Waals surface area contributed by atoms with Crippen molar-refractivity contribution in [1.82, 2.24) is 4.98 Å². The summed E-state index contributed by atoms with van der Waals surface area (Å²) in [5, 5.41) is 10.5. The second kappa shape index (κ2) is 8.32. The summed E-state index contributed by atoms with van der Waals surface area (Å²) in [4.78, 5) is 19.1. The van der Waals surface area contributed by atoms with Crippen LogP contribution in [0.25, 0.3) is 0 Å². The number of pyridine rings is 1. The molecule has 154 valence electrons. The Balaban J connectivity index is 1.88. The number of anilines is 2. The number of aromatic nitrogens is 1. The van der Waals surface area contributed by atoms with Crippen LogP contribution in [0.5, 0.6) is 0 Å². The molecule has 0 radical (unpaired) electrons. The maximum atomic E-state index is 13.8.